The average Bonchev–Trinajstić information content (AvgIpc) is 2.43. The summed E-state index contributed by atoms with van der Waals surface area (Å²) >= 11 is 5.83. The Balaban J connectivity index is 1.94. The molecule has 2 rings (SSSR count). The molecule has 0 atom stereocenters. The lowest BCUT2D eigenvalue weighted by molar-refractivity contribution is 0.369. The molecule has 0 bridgehead atoms. The zero-order chi connectivity index (χ0) is 13.7. The predicted molar refractivity (Wildman–Crippen MR) is 76.7 cm³/mol. The monoisotopic (exact) mass is 277 g/mol. The summed E-state index contributed by atoms with van der Waals surface area (Å²) in [6.07, 6.45) is 0. The Morgan fingerprint density at radius 3 is 2.53 bits per heavy atom. The zero-order valence-electron chi connectivity index (χ0n) is 10.7. The molecule has 4 heteroatoms. The molecule has 0 radical (unpaired) electrons. The molecular weight excluding hydrogens is 262 g/mol. The number of phenols is 1. The molecule has 0 saturated carbocycles. The lowest BCUT2D eigenvalue weighted by Crippen LogP contribution is -2.12. The summed E-state index contributed by atoms with van der Waals surface area (Å²) in [6.45, 7) is 1.29. The Morgan fingerprint density at radius 2 is 1.84 bits per heavy atom. The van der Waals surface area contributed by atoms with Crippen LogP contribution in [0.4, 0.5) is 0 Å². The summed E-state index contributed by atoms with van der Waals surface area (Å²) in [6, 6.07) is 13.1. The number of halogens is 1. The van der Waals surface area contributed by atoms with Crippen LogP contribution in [0, 0.1) is 0 Å². The van der Waals surface area contributed by atoms with Gasteiger partial charge in [0.15, 0.2) is 11.5 Å². The minimum Gasteiger partial charge on any atom is -0.504 e. The van der Waals surface area contributed by atoms with Gasteiger partial charge in [0.05, 0.1) is 7.11 Å². The first kappa shape index (κ1) is 13.7. The molecule has 3 nitrogen and oxygen atoms in total. The van der Waals surface area contributed by atoms with Crippen molar-refractivity contribution in [1.82, 2.24) is 5.32 Å². The van der Waals surface area contributed by atoms with Crippen molar-refractivity contribution in [3.8, 4) is 11.5 Å². The largest absolute Gasteiger partial charge is 0.504 e. The van der Waals surface area contributed by atoms with Crippen LogP contribution in [0.3, 0.4) is 0 Å². The van der Waals surface area contributed by atoms with Crippen molar-refractivity contribution in [2.24, 2.45) is 0 Å². The van der Waals surface area contributed by atoms with Crippen LogP contribution >= 0.6 is 11.6 Å². The number of phenolic OH excluding ortho intramolecular Hbond substituents is 1. The molecule has 0 aliphatic carbocycles. The predicted octanol–water partition coefficient (Wildman–Crippen LogP) is 3.34. The van der Waals surface area contributed by atoms with Gasteiger partial charge in [0.1, 0.15) is 0 Å². The Morgan fingerprint density at radius 1 is 1.11 bits per heavy atom. The third kappa shape index (κ3) is 3.63. The second-order valence-corrected chi connectivity index (χ2v) is 4.63. The Bertz CT molecular complexity index is 540. The SMILES string of the molecule is COc1cccc(CNCc2ccc(Cl)cc2)c1O. The molecule has 0 saturated heterocycles. The summed E-state index contributed by atoms with van der Waals surface area (Å²) in [7, 11) is 1.54. The van der Waals surface area contributed by atoms with Gasteiger partial charge in [-0.05, 0) is 23.8 Å². The van der Waals surface area contributed by atoms with Crippen LogP contribution in [0.25, 0.3) is 0 Å². The molecule has 0 aliphatic heterocycles. The normalized spacial score (nSPS) is 10.4. The van der Waals surface area contributed by atoms with Crippen LogP contribution < -0.4 is 10.1 Å². The molecule has 19 heavy (non-hydrogen) atoms. The summed E-state index contributed by atoms with van der Waals surface area (Å²) < 4.78 is 5.07. The maximum Gasteiger partial charge on any atom is 0.162 e. The number of hydrogen-bond donors (Lipinski definition) is 2. The summed E-state index contributed by atoms with van der Waals surface area (Å²) in [5, 5.41) is 13.9. The van der Waals surface area contributed by atoms with Gasteiger partial charge in [-0.1, -0.05) is 35.9 Å². The third-order valence-electron chi connectivity index (χ3n) is 2.86. The van der Waals surface area contributed by atoms with Crippen LogP contribution in [-0.2, 0) is 13.1 Å². The van der Waals surface area contributed by atoms with Gasteiger partial charge in [0, 0.05) is 23.7 Å². The van der Waals surface area contributed by atoms with Gasteiger partial charge in [0.2, 0.25) is 0 Å². The maximum atomic E-state index is 9.94. The molecule has 0 heterocycles. The average molecular weight is 278 g/mol. The first-order valence-electron chi connectivity index (χ1n) is 6.00. The van der Waals surface area contributed by atoms with Gasteiger partial charge in [-0.25, -0.2) is 0 Å². The van der Waals surface area contributed by atoms with Crippen molar-refractivity contribution >= 4 is 11.6 Å². The smallest absolute Gasteiger partial charge is 0.162 e. The van der Waals surface area contributed by atoms with E-state index in [1.165, 1.54) is 0 Å². The zero-order valence-corrected chi connectivity index (χ0v) is 11.4. The highest BCUT2D eigenvalue weighted by molar-refractivity contribution is 6.30. The lowest BCUT2D eigenvalue weighted by atomic mass is 10.1. The third-order valence-corrected chi connectivity index (χ3v) is 3.11. The van der Waals surface area contributed by atoms with E-state index in [1.807, 2.05) is 36.4 Å². The van der Waals surface area contributed by atoms with Gasteiger partial charge in [-0.15, -0.1) is 0 Å². The summed E-state index contributed by atoms with van der Waals surface area (Å²) in [5.74, 6) is 0.680. The highest BCUT2D eigenvalue weighted by atomic mass is 35.5. The maximum absolute atomic E-state index is 9.94. The molecule has 0 unspecified atom stereocenters. The van der Waals surface area contributed by atoms with E-state index in [0.717, 1.165) is 16.1 Å². The van der Waals surface area contributed by atoms with E-state index in [-0.39, 0.29) is 5.75 Å². The molecule has 100 valence electrons. The summed E-state index contributed by atoms with van der Waals surface area (Å²) in [4.78, 5) is 0. The Labute approximate surface area is 117 Å². The highest BCUT2D eigenvalue weighted by Crippen LogP contribution is 2.29. The fraction of sp³-hybridized carbons (Fsp3) is 0.200. The van der Waals surface area contributed by atoms with E-state index in [4.69, 9.17) is 16.3 Å². The van der Waals surface area contributed by atoms with Crippen molar-refractivity contribution in [3.05, 3.63) is 58.6 Å². The number of nitrogens with one attached hydrogen (secondary N) is 1. The van der Waals surface area contributed by atoms with Crippen molar-refractivity contribution in [2.75, 3.05) is 7.11 Å². The first-order valence-corrected chi connectivity index (χ1v) is 6.38. The number of para-hydroxylation sites is 1. The minimum absolute atomic E-state index is 0.189. The fourth-order valence-corrected chi connectivity index (χ4v) is 1.94. The van der Waals surface area contributed by atoms with Gasteiger partial charge >= 0.3 is 0 Å². The number of aromatic hydroxyl groups is 1. The molecule has 0 aliphatic rings. The molecule has 0 amide bonds. The van der Waals surface area contributed by atoms with Gasteiger partial charge < -0.3 is 15.2 Å². The van der Waals surface area contributed by atoms with Crippen molar-refractivity contribution in [2.45, 2.75) is 13.1 Å². The molecule has 2 N–H and O–H groups in total. The molecule has 0 aromatic heterocycles. The van der Waals surface area contributed by atoms with Crippen LogP contribution in [0.15, 0.2) is 42.5 Å². The highest BCUT2D eigenvalue weighted by Gasteiger charge is 2.06. The van der Waals surface area contributed by atoms with Crippen LogP contribution in [0.1, 0.15) is 11.1 Å². The lowest BCUT2D eigenvalue weighted by Gasteiger charge is -2.10. The molecule has 2 aromatic carbocycles. The molecule has 0 fully saturated rings. The summed E-state index contributed by atoms with van der Waals surface area (Å²) in [5.41, 5.74) is 1.96. The number of methoxy groups -OCH3 is 1. The van der Waals surface area contributed by atoms with Crippen molar-refractivity contribution in [1.29, 1.82) is 0 Å². The van der Waals surface area contributed by atoms with Gasteiger partial charge in [0.25, 0.3) is 0 Å². The van der Waals surface area contributed by atoms with Gasteiger partial charge in [-0.2, -0.15) is 0 Å². The fourth-order valence-electron chi connectivity index (χ4n) is 1.82. The van der Waals surface area contributed by atoms with E-state index in [9.17, 15) is 5.11 Å². The van der Waals surface area contributed by atoms with Crippen molar-refractivity contribution < 1.29 is 9.84 Å². The standard InChI is InChI=1S/C15H16ClNO2/c1-19-14-4-2-3-12(15(14)18)10-17-9-11-5-7-13(16)8-6-11/h2-8,17-18H,9-10H2,1H3. The minimum atomic E-state index is 0.189. The van der Waals surface area contributed by atoms with E-state index in [2.05, 4.69) is 5.32 Å². The number of ether oxygens (including phenoxy) is 1. The van der Waals surface area contributed by atoms with Crippen LogP contribution in [-0.4, -0.2) is 12.2 Å². The quantitative estimate of drug-likeness (QED) is 0.881. The van der Waals surface area contributed by atoms with Crippen molar-refractivity contribution in [3.63, 3.8) is 0 Å². The van der Waals surface area contributed by atoms with E-state index in [0.29, 0.717) is 18.8 Å². The van der Waals surface area contributed by atoms with E-state index in [1.54, 1.807) is 13.2 Å². The second kappa shape index (κ2) is 6.45. The van der Waals surface area contributed by atoms with Crippen LogP contribution in [0.5, 0.6) is 11.5 Å². The van der Waals surface area contributed by atoms with E-state index < -0.39 is 0 Å². The molecule has 2 aromatic rings. The van der Waals surface area contributed by atoms with Crippen LogP contribution in [0.2, 0.25) is 5.02 Å². The Hall–Kier alpha value is -1.71. The molecule has 0 spiro atoms. The number of benzene rings is 2. The second-order valence-electron chi connectivity index (χ2n) is 4.20. The van der Waals surface area contributed by atoms with E-state index >= 15 is 0 Å². The molecular formula is C15H16ClNO2. The number of hydrogen-bond acceptors (Lipinski definition) is 3. The number of rotatable bonds is 5. The first-order chi connectivity index (χ1) is 9.20. The Kier molecular flexibility index (Phi) is 4.66. The topological polar surface area (TPSA) is 41.5 Å². The van der Waals surface area contributed by atoms with Gasteiger partial charge in [-0.3, -0.25) is 0 Å².